The zero-order chi connectivity index (χ0) is 27.2. The van der Waals surface area contributed by atoms with E-state index in [4.69, 9.17) is 0 Å². The molecule has 39 heavy (non-hydrogen) atoms. The van der Waals surface area contributed by atoms with Crippen LogP contribution in [0.15, 0.2) is 138 Å². The van der Waals surface area contributed by atoms with Gasteiger partial charge in [-0.25, -0.2) is 8.42 Å². The van der Waals surface area contributed by atoms with E-state index < -0.39 is 16.1 Å². The van der Waals surface area contributed by atoms with E-state index in [9.17, 15) is 13.2 Å². The van der Waals surface area contributed by atoms with Crippen LogP contribution >= 0.6 is 0 Å². The van der Waals surface area contributed by atoms with Gasteiger partial charge in [0.15, 0.2) is 0 Å². The zero-order valence-electron chi connectivity index (χ0n) is 21.7. The van der Waals surface area contributed by atoms with Gasteiger partial charge in [0, 0.05) is 24.3 Å². The Morgan fingerprint density at radius 1 is 0.821 bits per heavy atom. The summed E-state index contributed by atoms with van der Waals surface area (Å²) in [5.74, 6) is -0.126. The number of carbonyl (C=O) groups excluding carboxylic acids is 1. The highest BCUT2D eigenvalue weighted by molar-refractivity contribution is 7.89. The molecule has 4 aromatic carbocycles. The predicted octanol–water partition coefficient (Wildman–Crippen LogP) is 6.76. The van der Waals surface area contributed by atoms with Crippen LogP contribution in [0.25, 0.3) is 6.08 Å². The molecule has 1 aliphatic rings. The number of aryl methyl sites for hydroxylation is 1. The van der Waals surface area contributed by atoms with Crippen molar-refractivity contribution in [1.82, 2.24) is 4.31 Å². The van der Waals surface area contributed by atoms with E-state index in [1.165, 1.54) is 4.31 Å². The van der Waals surface area contributed by atoms with Crippen LogP contribution in [0.2, 0.25) is 0 Å². The van der Waals surface area contributed by atoms with Crippen LogP contribution < -0.4 is 4.90 Å². The first kappa shape index (κ1) is 26.4. The second-order valence-electron chi connectivity index (χ2n) is 9.53. The van der Waals surface area contributed by atoms with Crippen molar-refractivity contribution in [3.05, 3.63) is 144 Å². The lowest BCUT2D eigenvalue weighted by Gasteiger charge is -2.24. The molecule has 196 valence electrons. The molecule has 0 aromatic heterocycles. The molecule has 5 rings (SSSR count). The molecule has 4 aromatic rings. The number of nitrogens with zero attached hydrogens (tertiary/aromatic N) is 2. The van der Waals surface area contributed by atoms with Crippen LogP contribution in [-0.2, 0) is 14.8 Å². The molecule has 0 radical (unpaired) electrons. The first-order valence-corrected chi connectivity index (χ1v) is 14.3. The Bertz CT molecular complexity index is 1540. The van der Waals surface area contributed by atoms with E-state index in [0.717, 1.165) is 28.1 Å². The minimum Gasteiger partial charge on any atom is -0.281 e. The van der Waals surface area contributed by atoms with Crippen LogP contribution in [0.4, 0.5) is 11.4 Å². The summed E-state index contributed by atoms with van der Waals surface area (Å²) in [6.45, 7) is 2.07. The first-order valence-electron chi connectivity index (χ1n) is 12.9. The van der Waals surface area contributed by atoms with Gasteiger partial charge in [0.1, 0.15) is 0 Å². The van der Waals surface area contributed by atoms with Crippen molar-refractivity contribution in [3.8, 4) is 0 Å². The summed E-state index contributed by atoms with van der Waals surface area (Å²) in [6.07, 6.45) is 5.80. The maximum absolute atomic E-state index is 13.7. The summed E-state index contributed by atoms with van der Waals surface area (Å²) in [5, 5.41) is 0. The molecule has 5 nitrogen and oxygen atoms in total. The van der Waals surface area contributed by atoms with Gasteiger partial charge in [-0.1, -0.05) is 103 Å². The monoisotopic (exact) mass is 534 g/mol. The normalized spacial score (nSPS) is 15.8. The van der Waals surface area contributed by atoms with E-state index in [0.29, 0.717) is 0 Å². The van der Waals surface area contributed by atoms with Gasteiger partial charge in [-0.2, -0.15) is 4.31 Å². The molecule has 0 N–H and O–H groups in total. The average molecular weight is 535 g/mol. The number of anilines is 2. The van der Waals surface area contributed by atoms with Gasteiger partial charge >= 0.3 is 0 Å². The van der Waals surface area contributed by atoms with Crippen molar-refractivity contribution in [3.63, 3.8) is 0 Å². The molecule has 1 aliphatic heterocycles. The highest BCUT2D eigenvalue weighted by Crippen LogP contribution is 2.31. The number of sulfonamides is 1. The topological polar surface area (TPSA) is 57.7 Å². The maximum Gasteiger partial charge on any atom is 0.244 e. The highest BCUT2D eigenvalue weighted by Gasteiger charge is 2.35. The third-order valence-corrected chi connectivity index (χ3v) is 8.53. The van der Waals surface area contributed by atoms with E-state index >= 15 is 0 Å². The molecule has 0 saturated heterocycles. The Morgan fingerprint density at radius 3 is 1.92 bits per heavy atom. The molecule has 0 aliphatic carbocycles. The largest absolute Gasteiger partial charge is 0.281 e. The molecule has 1 atom stereocenters. The number of benzene rings is 4. The highest BCUT2D eigenvalue weighted by atomic mass is 32.2. The van der Waals surface area contributed by atoms with Crippen LogP contribution in [-0.4, -0.2) is 31.2 Å². The van der Waals surface area contributed by atoms with Gasteiger partial charge in [-0.15, -0.1) is 0 Å². The Balaban J connectivity index is 1.46. The SMILES string of the molecule is Cc1ccc(S(=O)(=O)N2CC(CC(=O)N(c3ccccc3)c3ccccc3)=CC2/C=C/c2ccccc2)cc1. The third-order valence-electron chi connectivity index (χ3n) is 6.67. The van der Waals surface area contributed by atoms with Crippen molar-refractivity contribution in [1.29, 1.82) is 0 Å². The summed E-state index contributed by atoms with van der Waals surface area (Å²) in [6, 6.07) is 35.1. The number of carbonyl (C=O) groups is 1. The van der Waals surface area contributed by atoms with Gasteiger partial charge in [0.05, 0.1) is 10.9 Å². The average Bonchev–Trinajstić information content (AvgIpc) is 3.37. The number of hydrogen-bond acceptors (Lipinski definition) is 3. The Labute approximate surface area is 230 Å². The zero-order valence-corrected chi connectivity index (χ0v) is 22.5. The van der Waals surface area contributed by atoms with Gasteiger partial charge < -0.3 is 0 Å². The number of amides is 1. The van der Waals surface area contributed by atoms with Gasteiger partial charge in [-0.05, 0) is 54.5 Å². The third kappa shape index (κ3) is 6.08. The summed E-state index contributed by atoms with van der Waals surface area (Å²) in [7, 11) is -3.80. The number of rotatable bonds is 8. The molecular weight excluding hydrogens is 504 g/mol. The van der Waals surface area contributed by atoms with Crippen molar-refractivity contribution in [2.75, 3.05) is 11.4 Å². The molecule has 1 amide bonds. The van der Waals surface area contributed by atoms with Crippen molar-refractivity contribution in [2.24, 2.45) is 0 Å². The molecule has 0 saturated carbocycles. The Kier molecular flexibility index (Phi) is 7.87. The summed E-state index contributed by atoms with van der Waals surface area (Å²) >= 11 is 0. The van der Waals surface area contributed by atoms with Crippen LogP contribution in [0.5, 0.6) is 0 Å². The predicted molar refractivity (Wildman–Crippen MR) is 157 cm³/mol. The standard InChI is InChI=1S/C33H30N2O3S/c1-26-17-21-32(22-18-26)39(37,38)34-25-28(23-31(34)20-19-27-11-5-2-6-12-27)24-33(36)35(29-13-7-3-8-14-29)30-15-9-4-10-16-30/h2-23,31H,24-25H2,1H3/b20-19+. The minimum atomic E-state index is -3.80. The number of para-hydroxylation sites is 2. The van der Waals surface area contributed by atoms with Crippen LogP contribution in [0.3, 0.4) is 0 Å². The van der Waals surface area contributed by atoms with Gasteiger partial charge in [0.25, 0.3) is 0 Å². The van der Waals surface area contributed by atoms with Crippen molar-refractivity contribution in [2.45, 2.75) is 24.3 Å². The van der Waals surface area contributed by atoms with Gasteiger partial charge in [0.2, 0.25) is 15.9 Å². The first-order chi connectivity index (χ1) is 18.9. The smallest absolute Gasteiger partial charge is 0.244 e. The molecule has 0 fully saturated rings. The Hall–Kier alpha value is -4.26. The Morgan fingerprint density at radius 2 is 1.36 bits per heavy atom. The van der Waals surface area contributed by atoms with Gasteiger partial charge in [-0.3, -0.25) is 9.69 Å². The molecule has 0 spiro atoms. The summed E-state index contributed by atoms with van der Waals surface area (Å²) in [5.41, 5.74) is 4.24. The van der Waals surface area contributed by atoms with E-state index in [1.807, 2.05) is 116 Å². The second-order valence-corrected chi connectivity index (χ2v) is 11.4. The molecule has 1 heterocycles. The lowest BCUT2D eigenvalue weighted by Crippen LogP contribution is -2.35. The fourth-order valence-corrected chi connectivity index (χ4v) is 6.22. The summed E-state index contributed by atoms with van der Waals surface area (Å²) < 4.78 is 28.9. The molecular formula is C33H30N2O3S. The summed E-state index contributed by atoms with van der Waals surface area (Å²) in [4.78, 5) is 15.7. The maximum atomic E-state index is 13.7. The fraction of sp³-hybridized carbons (Fsp3) is 0.121. The van der Waals surface area contributed by atoms with E-state index in [-0.39, 0.29) is 23.8 Å². The minimum absolute atomic E-state index is 0.0966. The lowest BCUT2D eigenvalue weighted by atomic mass is 10.1. The molecule has 0 bridgehead atoms. The second kappa shape index (κ2) is 11.6. The lowest BCUT2D eigenvalue weighted by molar-refractivity contribution is -0.117. The molecule has 1 unspecified atom stereocenters. The quantitative estimate of drug-likeness (QED) is 0.235. The fourth-order valence-electron chi connectivity index (χ4n) is 4.68. The molecule has 6 heteroatoms. The van der Waals surface area contributed by atoms with Crippen LogP contribution in [0, 0.1) is 6.92 Å². The van der Waals surface area contributed by atoms with E-state index in [1.54, 1.807) is 29.2 Å². The number of hydrogen-bond donors (Lipinski definition) is 0. The van der Waals surface area contributed by atoms with E-state index in [2.05, 4.69) is 0 Å². The van der Waals surface area contributed by atoms with Crippen molar-refractivity contribution < 1.29 is 13.2 Å². The van der Waals surface area contributed by atoms with Crippen molar-refractivity contribution >= 4 is 33.4 Å². The van der Waals surface area contributed by atoms with Crippen LogP contribution in [0.1, 0.15) is 17.5 Å².